The van der Waals surface area contributed by atoms with Gasteiger partial charge in [-0.2, -0.15) is 0 Å². The predicted molar refractivity (Wildman–Crippen MR) is 198 cm³/mol. The van der Waals surface area contributed by atoms with Crippen LogP contribution in [0.4, 0.5) is 0 Å². The maximum atomic E-state index is 6.48. The van der Waals surface area contributed by atoms with Crippen molar-refractivity contribution in [1.82, 2.24) is 4.98 Å². The molecular formula is C45H27NO. The van der Waals surface area contributed by atoms with Crippen LogP contribution in [0.25, 0.3) is 98.7 Å². The summed E-state index contributed by atoms with van der Waals surface area (Å²) in [5.41, 5.74) is 7.43. The fraction of sp³-hybridized carbons (Fsp3) is 0. The number of benzene rings is 9. The first kappa shape index (κ1) is 26.0. The largest absolute Gasteiger partial charge is 0.435 e. The molecule has 0 atom stereocenters. The minimum absolute atomic E-state index is 0.644. The zero-order valence-electron chi connectivity index (χ0n) is 25.4. The summed E-state index contributed by atoms with van der Waals surface area (Å²) in [6.07, 6.45) is 0. The molecule has 0 aliphatic heterocycles. The molecule has 47 heavy (non-hydrogen) atoms. The lowest BCUT2D eigenvalue weighted by atomic mass is 9.91. The van der Waals surface area contributed by atoms with Crippen LogP contribution in [0.15, 0.2) is 168 Å². The molecule has 218 valence electrons. The van der Waals surface area contributed by atoms with E-state index >= 15 is 0 Å². The van der Waals surface area contributed by atoms with Gasteiger partial charge in [-0.1, -0.05) is 127 Å². The quantitative estimate of drug-likeness (QED) is 0.189. The lowest BCUT2D eigenvalue weighted by Gasteiger charge is -2.13. The first-order valence-corrected chi connectivity index (χ1v) is 16.0. The number of rotatable bonds is 3. The molecule has 0 bridgehead atoms. The van der Waals surface area contributed by atoms with Crippen LogP contribution in [0.5, 0.6) is 0 Å². The summed E-state index contributed by atoms with van der Waals surface area (Å²) in [7, 11) is 0. The highest BCUT2D eigenvalue weighted by Gasteiger charge is 2.15. The zero-order valence-corrected chi connectivity index (χ0v) is 25.4. The number of fused-ring (bicyclic) bond motifs is 11. The topological polar surface area (TPSA) is 26.0 Å². The normalized spacial score (nSPS) is 11.8. The Kier molecular flexibility index (Phi) is 5.61. The van der Waals surface area contributed by atoms with Crippen LogP contribution in [0.3, 0.4) is 0 Å². The maximum absolute atomic E-state index is 6.48. The van der Waals surface area contributed by atoms with Crippen molar-refractivity contribution in [3.05, 3.63) is 164 Å². The molecule has 0 saturated carbocycles. The highest BCUT2D eigenvalue weighted by Crippen LogP contribution is 2.39. The molecule has 2 nitrogen and oxygen atoms in total. The van der Waals surface area contributed by atoms with Crippen molar-refractivity contribution in [3.63, 3.8) is 0 Å². The van der Waals surface area contributed by atoms with Crippen molar-refractivity contribution in [2.75, 3.05) is 0 Å². The van der Waals surface area contributed by atoms with E-state index < -0.39 is 0 Å². The van der Waals surface area contributed by atoms with Gasteiger partial charge in [-0.05, 0) is 107 Å². The minimum Gasteiger partial charge on any atom is -0.435 e. The molecule has 10 rings (SSSR count). The van der Waals surface area contributed by atoms with Gasteiger partial charge in [0.2, 0.25) is 5.89 Å². The van der Waals surface area contributed by atoms with Crippen molar-refractivity contribution in [2.45, 2.75) is 0 Å². The maximum Gasteiger partial charge on any atom is 0.227 e. The van der Waals surface area contributed by atoms with Gasteiger partial charge < -0.3 is 4.42 Å². The molecule has 0 amide bonds. The standard InChI is InChI=1S/C45H27NO/c1-2-9-30(10-3-1)45-46-42-24-22-29-19-17-28-18-20-33(26-40(28)43(29)44(42)47-45)31-11-8-12-32(25-31)34-21-23-39-37-15-5-4-13-35(37)36-14-6-7-16-38(36)41(39)27-34/h1-27H. The van der Waals surface area contributed by atoms with Gasteiger partial charge in [0.15, 0.2) is 5.58 Å². The highest BCUT2D eigenvalue weighted by atomic mass is 16.3. The monoisotopic (exact) mass is 597 g/mol. The fourth-order valence-electron chi connectivity index (χ4n) is 7.37. The summed E-state index contributed by atoms with van der Waals surface area (Å²) >= 11 is 0. The third-order valence-electron chi connectivity index (χ3n) is 9.65. The van der Waals surface area contributed by atoms with Crippen molar-refractivity contribution in [1.29, 1.82) is 0 Å². The molecule has 10 aromatic rings. The number of aromatic nitrogens is 1. The molecular weight excluding hydrogens is 571 g/mol. The van der Waals surface area contributed by atoms with Crippen molar-refractivity contribution in [2.24, 2.45) is 0 Å². The van der Waals surface area contributed by atoms with Crippen LogP contribution < -0.4 is 0 Å². The third kappa shape index (κ3) is 4.09. The molecule has 1 aromatic heterocycles. The molecule has 2 heteroatoms. The van der Waals surface area contributed by atoms with E-state index in [1.165, 1.54) is 60.0 Å². The average molecular weight is 598 g/mol. The van der Waals surface area contributed by atoms with E-state index in [1.807, 2.05) is 30.3 Å². The van der Waals surface area contributed by atoms with Crippen LogP contribution >= 0.6 is 0 Å². The van der Waals surface area contributed by atoms with Crippen molar-refractivity contribution < 1.29 is 4.42 Å². The van der Waals surface area contributed by atoms with Gasteiger partial charge in [-0.25, -0.2) is 4.98 Å². The Morgan fingerprint density at radius 1 is 0.340 bits per heavy atom. The fourth-order valence-corrected chi connectivity index (χ4v) is 7.37. The van der Waals surface area contributed by atoms with Crippen LogP contribution in [0.2, 0.25) is 0 Å². The van der Waals surface area contributed by atoms with Gasteiger partial charge in [0.25, 0.3) is 0 Å². The Hall–Kier alpha value is -6.25. The summed E-state index contributed by atoms with van der Waals surface area (Å²) < 4.78 is 6.48. The van der Waals surface area contributed by atoms with E-state index in [-0.39, 0.29) is 0 Å². The molecule has 9 aromatic carbocycles. The number of nitrogens with zero attached hydrogens (tertiary/aromatic N) is 1. The van der Waals surface area contributed by atoms with Gasteiger partial charge in [0.05, 0.1) is 0 Å². The second-order valence-electron chi connectivity index (χ2n) is 12.3. The summed E-state index contributed by atoms with van der Waals surface area (Å²) in [5.74, 6) is 0.644. The van der Waals surface area contributed by atoms with Crippen molar-refractivity contribution >= 4 is 65.0 Å². The highest BCUT2D eigenvalue weighted by molar-refractivity contribution is 6.25. The van der Waals surface area contributed by atoms with E-state index in [0.717, 1.165) is 32.8 Å². The Morgan fingerprint density at radius 2 is 0.851 bits per heavy atom. The number of hydrogen-bond acceptors (Lipinski definition) is 2. The minimum atomic E-state index is 0.644. The Labute approximate surface area is 271 Å². The third-order valence-corrected chi connectivity index (χ3v) is 9.65. The average Bonchev–Trinajstić information content (AvgIpc) is 3.60. The summed E-state index contributed by atoms with van der Waals surface area (Å²) in [4.78, 5) is 4.86. The molecule has 0 N–H and O–H groups in total. The van der Waals surface area contributed by atoms with E-state index in [1.54, 1.807) is 0 Å². The molecule has 0 radical (unpaired) electrons. The zero-order chi connectivity index (χ0) is 30.9. The van der Waals surface area contributed by atoms with Gasteiger partial charge >= 0.3 is 0 Å². The predicted octanol–water partition coefficient (Wildman–Crippen LogP) is 12.6. The molecule has 0 unspecified atom stereocenters. The molecule has 0 saturated heterocycles. The van der Waals surface area contributed by atoms with Gasteiger partial charge in [0.1, 0.15) is 5.52 Å². The molecule has 0 aliphatic carbocycles. The van der Waals surface area contributed by atoms with E-state index in [4.69, 9.17) is 9.40 Å². The Balaban J connectivity index is 1.13. The van der Waals surface area contributed by atoms with Crippen LogP contribution in [0, 0.1) is 0 Å². The lowest BCUT2D eigenvalue weighted by Crippen LogP contribution is -1.86. The Morgan fingerprint density at radius 3 is 1.57 bits per heavy atom. The van der Waals surface area contributed by atoms with E-state index in [9.17, 15) is 0 Å². The van der Waals surface area contributed by atoms with Crippen LogP contribution in [-0.2, 0) is 0 Å². The second-order valence-corrected chi connectivity index (χ2v) is 12.3. The number of oxazole rings is 1. The van der Waals surface area contributed by atoms with E-state index in [2.05, 4.69) is 133 Å². The summed E-state index contributed by atoms with van der Waals surface area (Å²) in [5, 5.41) is 12.3. The second kappa shape index (κ2) is 10.1. The summed E-state index contributed by atoms with van der Waals surface area (Å²) in [6.45, 7) is 0. The molecule has 0 fully saturated rings. The van der Waals surface area contributed by atoms with Gasteiger partial charge in [0, 0.05) is 10.9 Å². The number of hydrogen-bond donors (Lipinski definition) is 0. The lowest BCUT2D eigenvalue weighted by molar-refractivity contribution is 0.623. The summed E-state index contributed by atoms with van der Waals surface area (Å²) in [6, 6.07) is 58.8. The van der Waals surface area contributed by atoms with Gasteiger partial charge in [-0.15, -0.1) is 0 Å². The van der Waals surface area contributed by atoms with Crippen LogP contribution in [0.1, 0.15) is 0 Å². The van der Waals surface area contributed by atoms with Crippen LogP contribution in [-0.4, -0.2) is 4.98 Å². The first-order valence-electron chi connectivity index (χ1n) is 16.0. The molecule has 1 heterocycles. The SMILES string of the molecule is c1ccc(-c2nc3ccc4ccc5ccc(-c6cccc(-c7ccc8c9ccccc9c9ccccc9c8c7)c6)cc5c4c3o2)cc1. The van der Waals surface area contributed by atoms with E-state index in [0.29, 0.717) is 5.89 Å². The van der Waals surface area contributed by atoms with Crippen molar-refractivity contribution in [3.8, 4) is 33.7 Å². The van der Waals surface area contributed by atoms with Gasteiger partial charge in [-0.3, -0.25) is 0 Å². The molecule has 0 spiro atoms. The Bertz CT molecular complexity index is 2810. The smallest absolute Gasteiger partial charge is 0.227 e. The first-order chi connectivity index (χ1) is 23.3. The molecule has 0 aliphatic rings.